The molecule has 1 aliphatic heterocycles. The van der Waals surface area contributed by atoms with Crippen molar-refractivity contribution < 1.29 is 22.6 Å². The Morgan fingerprint density at radius 2 is 1.44 bits per heavy atom. The van der Waals surface area contributed by atoms with Crippen LogP contribution in [0, 0.1) is 0 Å². The smallest absolute Gasteiger partial charge is 0.443 e. The van der Waals surface area contributed by atoms with Crippen LogP contribution in [0.5, 0.6) is 11.5 Å². The van der Waals surface area contributed by atoms with Crippen molar-refractivity contribution in [3.63, 3.8) is 0 Å². The van der Waals surface area contributed by atoms with Crippen LogP contribution in [0.15, 0.2) is 24.3 Å². The fraction of sp³-hybridized carbons (Fsp3) is 0.400. The zero-order chi connectivity index (χ0) is 12.4. The lowest BCUT2D eigenvalue weighted by molar-refractivity contribution is -0.299. The molecule has 2 rings (SSSR count). The van der Waals surface area contributed by atoms with E-state index in [1.165, 1.54) is 33.5 Å². The van der Waals surface area contributed by atoms with Crippen LogP contribution < -0.4 is 9.47 Å². The molecular weight excluding hydrogens is 240 g/mol. The van der Waals surface area contributed by atoms with E-state index in [1.54, 1.807) is 0 Å². The molecule has 2 unspecified atom stereocenters. The van der Waals surface area contributed by atoms with Gasteiger partial charge in [0.15, 0.2) is 11.5 Å². The molecular formula is C10H12F3O2P. The van der Waals surface area contributed by atoms with Crippen molar-refractivity contribution in [2.45, 2.75) is 25.6 Å². The number of hydrogen-bond donors (Lipinski definition) is 0. The number of ether oxygens (including phenoxy) is 2. The molecule has 1 heterocycles. The van der Waals surface area contributed by atoms with E-state index in [0.29, 0.717) is 0 Å². The Hall–Kier alpha value is -0.960. The lowest BCUT2D eigenvalue weighted by Gasteiger charge is -2.34. The van der Waals surface area contributed by atoms with E-state index in [2.05, 4.69) is 9.47 Å². The average molecular weight is 252 g/mol. The molecule has 6 heteroatoms. The van der Waals surface area contributed by atoms with Gasteiger partial charge in [0.05, 0.1) is 0 Å². The van der Waals surface area contributed by atoms with Crippen molar-refractivity contribution in [1.82, 2.24) is 0 Å². The highest BCUT2D eigenvalue weighted by Gasteiger charge is 2.60. The first-order valence-electron chi connectivity index (χ1n) is 4.75. The predicted molar refractivity (Wildman–Crippen MR) is 57.5 cm³/mol. The van der Waals surface area contributed by atoms with E-state index < -0.39 is 11.7 Å². The second-order valence-corrected chi connectivity index (χ2v) is 3.56. The fourth-order valence-corrected chi connectivity index (χ4v) is 1.23. The molecule has 0 saturated heterocycles. The van der Waals surface area contributed by atoms with Gasteiger partial charge in [0, 0.05) is 0 Å². The van der Waals surface area contributed by atoms with Gasteiger partial charge in [0.1, 0.15) is 0 Å². The summed E-state index contributed by atoms with van der Waals surface area (Å²) in [4.78, 5) is 0. The molecule has 0 fully saturated rings. The first-order valence-corrected chi connectivity index (χ1v) is 5.33. The molecule has 2 nitrogen and oxygen atoms in total. The minimum atomic E-state index is -4.01. The van der Waals surface area contributed by atoms with Crippen molar-refractivity contribution in [1.29, 1.82) is 0 Å². The molecule has 16 heavy (non-hydrogen) atoms. The van der Waals surface area contributed by atoms with Crippen LogP contribution in [0.2, 0.25) is 0 Å². The molecule has 0 aliphatic carbocycles. The Balaban J connectivity index is 0.000000606. The molecule has 0 saturated carbocycles. The van der Waals surface area contributed by atoms with E-state index in [0.717, 1.165) is 0 Å². The molecule has 0 amide bonds. The van der Waals surface area contributed by atoms with Gasteiger partial charge < -0.3 is 9.47 Å². The second-order valence-electron chi connectivity index (χ2n) is 2.81. The van der Waals surface area contributed by atoms with E-state index >= 15 is 0 Å². The number of fused-ring (bicyclic) bond motifs is 1. The number of para-hydroxylation sites is 2. The Kier molecular flexibility index (Phi) is 3.68. The molecule has 0 radical (unpaired) electrons. The number of hydrogen-bond acceptors (Lipinski definition) is 2. The van der Waals surface area contributed by atoms with Crippen LogP contribution >= 0.6 is 9.24 Å². The van der Waals surface area contributed by atoms with Gasteiger partial charge in [-0.1, -0.05) is 26.0 Å². The van der Waals surface area contributed by atoms with Crippen molar-refractivity contribution in [3.05, 3.63) is 24.3 Å². The highest BCUT2D eigenvalue weighted by atomic mass is 31.0. The van der Waals surface area contributed by atoms with E-state index in [-0.39, 0.29) is 11.5 Å². The standard InChI is InChI=1S/C8H6F3O2P.C2H6/c9-7(10)8(11,14)13-6-4-2-1-3-5(6)12-7;1-2/h1-4H,14H2;1-2H3. The minimum absolute atomic E-state index is 0.0454. The van der Waals surface area contributed by atoms with Gasteiger partial charge in [-0.2, -0.15) is 13.2 Å². The largest absolute Gasteiger partial charge is 0.475 e. The Labute approximate surface area is 93.9 Å². The summed E-state index contributed by atoms with van der Waals surface area (Å²) < 4.78 is 47.7. The minimum Gasteiger partial charge on any atom is -0.443 e. The molecule has 2 atom stereocenters. The third-order valence-corrected chi connectivity index (χ3v) is 2.20. The summed E-state index contributed by atoms with van der Waals surface area (Å²) in [7, 11) is 1.29. The van der Waals surface area contributed by atoms with Gasteiger partial charge in [0.25, 0.3) is 0 Å². The molecule has 0 spiro atoms. The third kappa shape index (κ3) is 2.24. The summed E-state index contributed by atoms with van der Waals surface area (Å²) in [6.07, 6.45) is -4.01. The van der Waals surface area contributed by atoms with Gasteiger partial charge >= 0.3 is 11.7 Å². The van der Waals surface area contributed by atoms with Gasteiger partial charge in [-0.3, -0.25) is 0 Å². The van der Waals surface area contributed by atoms with Gasteiger partial charge in [-0.05, 0) is 21.4 Å². The molecule has 1 aliphatic rings. The molecule has 1 aromatic carbocycles. The highest BCUT2D eigenvalue weighted by molar-refractivity contribution is 7.18. The number of benzene rings is 1. The summed E-state index contributed by atoms with van der Waals surface area (Å²) in [5.74, 6) is -0.218. The highest BCUT2D eigenvalue weighted by Crippen LogP contribution is 2.48. The van der Waals surface area contributed by atoms with Crippen LogP contribution in [0.1, 0.15) is 13.8 Å². The molecule has 0 aromatic heterocycles. The van der Waals surface area contributed by atoms with Gasteiger partial charge in [0.2, 0.25) is 0 Å². The van der Waals surface area contributed by atoms with Crippen LogP contribution in [-0.4, -0.2) is 11.7 Å². The molecule has 90 valence electrons. The van der Waals surface area contributed by atoms with Crippen molar-refractivity contribution in [3.8, 4) is 11.5 Å². The maximum Gasteiger partial charge on any atom is 0.475 e. The average Bonchev–Trinajstić information content (AvgIpc) is 2.22. The van der Waals surface area contributed by atoms with E-state index in [4.69, 9.17) is 0 Å². The summed E-state index contributed by atoms with van der Waals surface area (Å²) in [6.45, 7) is 4.00. The van der Waals surface area contributed by atoms with Crippen molar-refractivity contribution in [2.24, 2.45) is 0 Å². The summed E-state index contributed by atoms with van der Waals surface area (Å²) in [6, 6.07) is 5.66. The first-order chi connectivity index (χ1) is 7.42. The second kappa shape index (κ2) is 4.50. The topological polar surface area (TPSA) is 18.5 Å². The summed E-state index contributed by atoms with van der Waals surface area (Å²) in [5, 5.41) is 0. The maximum absolute atomic E-state index is 13.2. The summed E-state index contributed by atoms with van der Waals surface area (Å²) >= 11 is 0. The first kappa shape index (κ1) is 13.1. The lowest BCUT2D eigenvalue weighted by Crippen LogP contribution is -2.50. The zero-order valence-corrected chi connectivity index (χ0v) is 9.99. The van der Waals surface area contributed by atoms with Crippen LogP contribution in [0.3, 0.4) is 0 Å². The monoisotopic (exact) mass is 252 g/mol. The van der Waals surface area contributed by atoms with Gasteiger partial charge in [-0.25, -0.2) is 0 Å². The van der Waals surface area contributed by atoms with Crippen LogP contribution in [0.25, 0.3) is 0 Å². The fourth-order valence-electron chi connectivity index (χ4n) is 1.05. The maximum atomic E-state index is 13.2. The summed E-state index contributed by atoms with van der Waals surface area (Å²) in [5.41, 5.74) is -3.22. The number of rotatable bonds is 0. The molecule has 0 N–H and O–H groups in total. The SMILES string of the molecule is CC.FC1(F)Oc2ccccc2OC1(F)P. The van der Waals surface area contributed by atoms with Gasteiger partial charge in [-0.15, -0.1) is 0 Å². The van der Waals surface area contributed by atoms with Crippen molar-refractivity contribution in [2.75, 3.05) is 0 Å². The van der Waals surface area contributed by atoms with Crippen LogP contribution in [0.4, 0.5) is 13.2 Å². The zero-order valence-electron chi connectivity index (χ0n) is 8.84. The quantitative estimate of drug-likeness (QED) is 0.657. The Morgan fingerprint density at radius 3 is 1.94 bits per heavy atom. The van der Waals surface area contributed by atoms with E-state index in [9.17, 15) is 13.2 Å². The Bertz CT molecular complexity index is 334. The van der Waals surface area contributed by atoms with E-state index in [1.807, 2.05) is 13.8 Å². The van der Waals surface area contributed by atoms with Crippen LogP contribution in [-0.2, 0) is 0 Å². The normalized spacial score (nSPS) is 25.4. The predicted octanol–water partition coefficient (Wildman–Crippen LogP) is 3.58. The number of halogens is 3. The number of alkyl halides is 3. The Morgan fingerprint density at radius 1 is 1.00 bits per heavy atom. The third-order valence-electron chi connectivity index (χ3n) is 1.74. The lowest BCUT2D eigenvalue weighted by atomic mass is 10.3. The van der Waals surface area contributed by atoms with Crippen molar-refractivity contribution >= 4 is 9.24 Å². The molecule has 0 bridgehead atoms. The molecule has 1 aromatic rings.